The summed E-state index contributed by atoms with van der Waals surface area (Å²) in [5, 5.41) is 21.2. The van der Waals surface area contributed by atoms with Crippen LogP contribution >= 0.6 is 0 Å². The van der Waals surface area contributed by atoms with Crippen molar-refractivity contribution in [2.24, 2.45) is 5.73 Å². The van der Waals surface area contributed by atoms with E-state index >= 15 is 0 Å². The van der Waals surface area contributed by atoms with E-state index < -0.39 is 0 Å². The summed E-state index contributed by atoms with van der Waals surface area (Å²) in [5.41, 5.74) is 6.33. The minimum absolute atomic E-state index is 0.215. The lowest BCUT2D eigenvalue weighted by Crippen LogP contribution is -2.00. The molecule has 4 N–H and O–H groups in total. The zero-order chi connectivity index (χ0) is 11.5. The van der Waals surface area contributed by atoms with E-state index in [2.05, 4.69) is 0 Å². The maximum Gasteiger partial charge on any atom is 0.119 e. The number of hydrogen-bond acceptors (Lipinski definition) is 3. The topological polar surface area (TPSA) is 66.5 Å². The normalized spacial score (nSPS) is 10.8. The summed E-state index contributed by atoms with van der Waals surface area (Å²) < 4.78 is 0. The van der Waals surface area contributed by atoms with Crippen molar-refractivity contribution in [3.63, 3.8) is 0 Å². The molecule has 0 bridgehead atoms. The fourth-order valence-electron chi connectivity index (χ4n) is 1.90. The van der Waals surface area contributed by atoms with Gasteiger partial charge < -0.3 is 15.9 Å². The third-order valence-corrected chi connectivity index (χ3v) is 2.72. The van der Waals surface area contributed by atoms with E-state index in [-0.39, 0.29) is 11.5 Å². The summed E-state index contributed by atoms with van der Waals surface area (Å²) in [4.78, 5) is 0. The van der Waals surface area contributed by atoms with Crippen molar-refractivity contribution >= 4 is 10.8 Å². The molecule has 0 heterocycles. The van der Waals surface area contributed by atoms with Gasteiger partial charge in [-0.1, -0.05) is 12.1 Å². The molecule has 3 heteroatoms. The Bertz CT molecular complexity index is 503. The highest BCUT2D eigenvalue weighted by Gasteiger charge is 2.07. The summed E-state index contributed by atoms with van der Waals surface area (Å²) in [6.45, 7) is 0.592. The highest BCUT2D eigenvalue weighted by atomic mass is 16.3. The molecule has 0 saturated heterocycles. The second-order valence-electron chi connectivity index (χ2n) is 3.86. The Kier molecular flexibility index (Phi) is 2.97. The molecule has 0 aromatic heterocycles. The van der Waals surface area contributed by atoms with E-state index in [4.69, 9.17) is 5.73 Å². The van der Waals surface area contributed by atoms with Gasteiger partial charge in [-0.3, -0.25) is 0 Å². The molecule has 3 nitrogen and oxygen atoms in total. The van der Waals surface area contributed by atoms with Crippen molar-refractivity contribution in [2.45, 2.75) is 12.8 Å². The second kappa shape index (κ2) is 4.41. The molecule has 0 atom stereocenters. The Morgan fingerprint density at radius 2 is 1.81 bits per heavy atom. The van der Waals surface area contributed by atoms with E-state index in [1.165, 1.54) is 0 Å². The van der Waals surface area contributed by atoms with Gasteiger partial charge in [-0.05, 0) is 48.4 Å². The standard InChI is InChI=1S/C13H15NO2/c14-7-1-2-11-12-8-10(15)5-3-9(12)4-6-13(11)16/h3-6,8,15-16H,1-2,7,14H2. The third-order valence-electron chi connectivity index (χ3n) is 2.72. The predicted octanol–water partition coefficient (Wildman–Crippen LogP) is 2.14. The lowest BCUT2D eigenvalue weighted by Gasteiger charge is -2.09. The van der Waals surface area contributed by atoms with E-state index in [0.717, 1.165) is 29.2 Å². The first kappa shape index (κ1) is 10.8. The quantitative estimate of drug-likeness (QED) is 0.738. The van der Waals surface area contributed by atoms with E-state index in [1.54, 1.807) is 18.2 Å². The number of benzene rings is 2. The molecule has 0 amide bonds. The molecule has 2 aromatic rings. The van der Waals surface area contributed by atoms with Crippen molar-refractivity contribution in [2.75, 3.05) is 6.54 Å². The Hall–Kier alpha value is -1.74. The summed E-state index contributed by atoms with van der Waals surface area (Å²) in [5.74, 6) is 0.485. The van der Waals surface area contributed by atoms with Gasteiger partial charge in [0.15, 0.2) is 0 Å². The number of aromatic hydroxyl groups is 2. The average molecular weight is 217 g/mol. The molecule has 0 spiro atoms. The number of phenols is 2. The van der Waals surface area contributed by atoms with Crippen LogP contribution in [0.2, 0.25) is 0 Å². The smallest absolute Gasteiger partial charge is 0.119 e. The van der Waals surface area contributed by atoms with Crippen LogP contribution in [0, 0.1) is 0 Å². The molecule has 16 heavy (non-hydrogen) atoms. The van der Waals surface area contributed by atoms with Gasteiger partial charge in [0.2, 0.25) is 0 Å². The highest BCUT2D eigenvalue weighted by molar-refractivity contribution is 5.88. The molecule has 0 aliphatic rings. The van der Waals surface area contributed by atoms with Gasteiger partial charge in [0.1, 0.15) is 11.5 Å². The van der Waals surface area contributed by atoms with Gasteiger partial charge in [0, 0.05) is 5.56 Å². The van der Waals surface area contributed by atoms with Crippen LogP contribution in [-0.4, -0.2) is 16.8 Å². The van der Waals surface area contributed by atoms with Crippen LogP contribution in [0.25, 0.3) is 10.8 Å². The predicted molar refractivity (Wildman–Crippen MR) is 64.7 cm³/mol. The monoisotopic (exact) mass is 217 g/mol. The first-order valence-corrected chi connectivity index (χ1v) is 5.36. The molecular formula is C13H15NO2. The number of rotatable bonds is 3. The molecule has 0 radical (unpaired) electrons. The molecule has 0 unspecified atom stereocenters. The summed E-state index contributed by atoms with van der Waals surface area (Å²) in [6.07, 6.45) is 1.55. The fraction of sp³-hybridized carbons (Fsp3) is 0.231. The van der Waals surface area contributed by atoms with Gasteiger partial charge >= 0.3 is 0 Å². The first-order chi connectivity index (χ1) is 7.72. The summed E-state index contributed by atoms with van der Waals surface area (Å²) in [7, 11) is 0. The third kappa shape index (κ3) is 1.95. The lowest BCUT2D eigenvalue weighted by atomic mass is 9.99. The molecule has 0 saturated carbocycles. The summed E-state index contributed by atoms with van der Waals surface area (Å²) in [6, 6.07) is 8.70. The Morgan fingerprint density at radius 1 is 1.06 bits per heavy atom. The molecule has 0 aliphatic heterocycles. The van der Waals surface area contributed by atoms with Crippen molar-refractivity contribution in [3.05, 3.63) is 35.9 Å². The zero-order valence-electron chi connectivity index (χ0n) is 8.98. The van der Waals surface area contributed by atoms with Gasteiger partial charge in [0.25, 0.3) is 0 Å². The number of hydrogen-bond donors (Lipinski definition) is 3. The van der Waals surface area contributed by atoms with Crippen molar-refractivity contribution in [3.8, 4) is 11.5 Å². The van der Waals surface area contributed by atoms with Crippen LogP contribution in [0.1, 0.15) is 12.0 Å². The maximum absolute atomic E-state index is 9.80. The Morgan fingerprint density at radius 3 is 2.56 bits per heavy atom. The van der Waals surface area contributed by atoms with E-state index in [1.807, 2.05) is 12.1 Å². The second-order valence-corrected chi connectivity index (χ2v) is 3.86. The summed E-state index contributed by atoms with van der Waals surface area (Å²) >= 11 is 0. The van der Waals surface area contributed by atoms with Crippen molar-refractivity contribution in [1.29, 1.82) is 0 Å². The average Bonchev–Trinajstić information content (AvgIpc) is 2.28. The van der Waals surface area contributed by atoms with Crippen LogP contribution in [0.15, 0.2) is 30.3 Å². The van der Waals surface area contributed by atoms with Crippen LogP contribution in [0.4, 0.5) is 0 Å². The maximum atomic E-state index is 9.80. The van der Waals surface area contributed by atoms with Crippen LogP contribution in [0.5, 0.6) is 11.5 Å². The van der Waals surface area contributed by atoms with Crippen molar-refractivity contribution in [1.82, 2.24) is 0 Å². The molecule has 0 fully saturated rings. The minimum Gasteiger partial charge on any atom is -0.508 e. The largest absolute Gasteiger partial charge is 0.508 e. The molecular weight excluding hydrogens is 202 g/mol. The lowest BCUT2D eigenvalue weighted by molar-refractivity contribution is 0.468. The number of aryl methyl sites for hydroxylation is 1. The van der Waals surface area contributed by atoms with Crippen LogP contribution < -0.4 is 5.73 Å². The van der Waals surface area contributed by atoms with E-state index in [0.29, 0.717) is 6.54 Å². The number of nitrogens with two attached hydrogens (primary N) is 1. The highest BCUT2D eigenvalue weighted by Crippen LogP contribution is 2.30. The Balaban J connectivity index is 2.58. The SMILES string of the molecule is NCCCc1c(O)ccc2ccc(O)cc12. The molecule has 2 aromatic carbocycles. The van der Waals surface area contributed by atoms with Gasteiger partial charge in [-0.2, -0.15) is 0 Å². The molecule has 2 rings (SSSR count). The fourth-order valence-corrected chi connectivity index (χ4v) is 1.90. The molecule has 84 valence electrons. The van der Waals surface area contributed by atoms with Gasteiger partial charge in [0.05, 0.1) is 0 Å². The zero-order valence-corrected chi connectivity index (χ0v) is 8.98. The van der Waals surface area contributed by atoms with E-state index in [9.17, 15) is 10.2 Å². The molecule has 0 aliphatic carbocycles. The van der Waals surface area contributed by atoms with Crippen molar-refractivity contribution < 1.29 is 10.2 Å². The number of phenolic OH excluding ortho intramolecular Hbond substituents is 2. The number of fused-ring (bicyclic) bond motifs is 1. The first-order valence-electron chi connectivity index (χ1n) is 5.36. The van der Waals surface area contributed by atoms with Crippen LogP contribution in [0.3, 0.4) is 0 Å². The van der Waals surface area contributed by atoms with Gasteiger partial charge in [-0.15, -0.1) is 0 Å². The van der Waals surface area contributed by atoms with Crippen LogP contribution in [-0.2, 0) is 6.42 Å². The Labute approximate surface area is 94.1 Å². The minimum atomic E-state index is 0.215. The van der Waals surface area contributed by atoms with Gasteiger partial charge in [-0.25, -0.2) is 0 Å².